The Morgan fingerprint density at radius 2 is 1.76 bits per heavy atom. The van der Waals surface area contributed by atoms with Crippen molar-refractivity contribution in [3.05, 3.63) is 89.7 Å². The molecule has 1 unspecified atom stereocenters. The summed E-state index contributed by atoms with van der Waals surface area (Å²) in [5.41, 5.74) is 2.77. The Balaban J connectivity index is 1.47. The molecule has 38 heavy (non-hydrogen) atoms. The summed E-state index contributed by atoms with van der Waals surface area (Å²) in [6.45, 7) is 1.73. The number of ketones is 1. The van der Waals surface area contributed by atoms with E-state index in [1.54, 1.807) is 13.2 Å². The van der Waals surface area contributed by atoms with Crippen molar-refractivity contribution in [3.8, 4) is 22.6 Å². The van der Waals surface area contributed by atoms with Crippen LogP contribution in [0.5, 0.6) is 11.5 Å². The Labute approximate surface area is 227 Å². The van der Waals surface area contributed by atoms with Crippen molar-refractivity contribution >= 4 is 28.3 Å². The monoisotopic (exact) mass is 529 g/mol. The van der Waals surface area contributed by atoms with Gasteiger partial charge < -0.3 is 14.8 Å². The molecule has 5 rings (SSSR count). The molecule has 0 saturated carbocycles. The third-order valence-corrected chi connectivity index (χ3v) is 7.95. The minimum Gasteiger partial charge on any atom is -0.497 e. The average molecular weight is 530 g/mol. The lowest BCUT2D eigenvalue weighted by Gasteiger charge is -2.23. The van der Waals surface area contributed by atoms with E-state index in [0.717, 1.165) is 51.3 Å². The van der Waals surface area contributed by atoms with Gasteiger partial charge in [0.25, 0.3) is 0 Å². The first-order chi connectivity index (χ1) is 18.6. The molecular weight excluding hydrogens is 497 g/mol. The van der Waals surface area contributed by atoms with Crippen molar-refractivity contribution in [1.82, 2.24) is 5.32 Å². The molecule has 1 aliphatic rings. The van der Waals surface area contributed by atoms with Gasteiger partial charge in [-0.3, -0.25) is 4.79 Å². The summed E-state index contributed by atoms with van der Waals surface area (Å²) in [5.74, 6) is 1.08. The van der Waals surface area contributed by atoms with E-state index in [0.29, 0.717) is 23.8 Å². The Morgan fingerprint density at radius 3 is 2.50 bits per heavy atom. The number of benzene rings is 4. The van der Waals surface area contributed by atoms with Crippen LogP contribution in [0.25, 0.3) is 21.9 Å². The van der Waals surface area contributed by atoms with Gasteiger partial charge in [-0.05, 0) is 109 Å². The van der Waals surface area contributed by atoms with Gasteiger partial charge in [0.15, 0.2) is 5.78 Å². The predicted molar refractivity (Wildman–Crippen MR) is 153 cm³/mol. The van der Waals surface area contributed by atoms with Crippen LogP contribution in [-0.4, -0.2) is 38.3 Å². The highest BCUT2D eigenvalue weighted by atomic mass is 32.2. The van der Waals surface area contributed by atoms with Crippen molar-refractivity contribution in [1.29, 1.82) is 0 Å². The van der Waals surface area contributed by atoms with E-state index in [9.17, 15) is 9.18 Å². The number of rotatable bonds is 9. The summed E-state index contributed by atoms with van der Waals surface area (Å²) in [6.07, 6.45) is 6.60. The molecule has 4 aromatic rings. The highest BCUT2D eigenvalue weighted by molar-refractivity contribution is 7.98. The van der Waals surface area contributed by atoms with Crippen LogP contribution in [0.3, 0.4) is 0 Å². The van der Waals surface area contributed by atoms with Gasteiger partial charge in [0.1, 0.15) is 17.3 Å². The first-order valence-corrected chi connectivity index (χ1v) is 14.3. The molecule has 6 heteroatoms. The summed E-state index contributed by atoms with van der Waals surface area (Å²) in [5, 5.41) is 5.27. The van der Waals surface area contributed by atoms with Gasteiger partial charge in [-0.25, -0.2) is 4.39 Å². The van der Waals surface area contributed by atoms with E-state index in [4.69, 9.17) is 9.47 Å². The van der Waals surface area contributed by atoms with Gasteiger partial charge in [0.2, 0.25) is 0 Å². The molecule has 1 aliphatic heterocycles. The molecule has 0 aliphatic carbocycles. The zero-order chi connectivity index (χ0) is 26.5. The Hall–Kier alpha value is -3.35. The molecule has 4 aromatic carbocycles. The van der Waals surface area contributed by atoms with Gasteiger partial charge in [-0.1, -0.05) is 24.6 Å². The van der Waals surface area contributed by atoms with Crippen molar-refractivity contribution in [2.75, 3.05) is 26.5 Å². The molecule has 4 nitrogen and oxygen atoms in total. The van der Waals surface area contributed by atoms with Crippen molar-refractivity contribution in [2.24, 2.45) is 0 Å². The number of methoxy groups -OCH3 is 1. The van der Waals surface area contributed by atoms with Crippen LogP contribution in [0.15, 0.2) is 77.7 Å². The number of carbonyl (C=O) groups excluding carboxylic acids is 1. The topological polar surface area (TPSA) is 47.6 Å². The number of thioether (sulfide) groups is 1. The van der Waals surface area contributed by atoms with Gasteiger partial charge in [-0.15, -0.1) is 11.8 Å². The summed E-state index contributed by atoms with van der Waals surface area (Å²) < 4.78 is 25.4. The first-order valence-electron chi connectivity index (χ1n) is 13.0. The number of halogens is 1. The maximum Gasteiger partial charge on any atom is 0.194 e. The van der Waals surface area contributed by atoms with E-state index in [2.05, 4.69) is 5.32 Å². The van der Waals surface area contributed by atoms with Crippen LogP contribution in [0.4, 0.5) is 4.39 Å². The van der Waals surface area contributed by atoms with Crippen LogP contribution < -0.4 is 14.8 Å². The highest BCUT2D eigenvalue weighted by Gasteiger charge is 2.21. The van der Waals surface area contributed by atoms with E-state index in [1.165, 1.54) is 43.2 Å². The maximum absolute atomic E-state index is 14.0. The van der Waals surface area contributed by atoms with Gasteiger partial charge in [0.05, 0.1) is 13.7 Å². The van der Waals surface area contributed by atoms with Crippen LogP contribution >= 0.6 is 11.8 Å². The molecule has 196 valence electrons. The zero-order valence-electron chi connectivity index (χ0n) is 21.8. The van der Waals surface area contributed by atoms with E-state index in [-0.39, 0.29) is 11.6 Å². The Morgan fingerprint density at radius 1 is 0.974 bits per heavy atom. The van der Waals surface area contributed by atoms with Crippen LogP contribution in [0.1, 0.15) is 41.6 Å². The van der Waals surface area contributed by atoms with Gasteiger partial charge in [-0.2, -0.15) is 0 Å². The largest absolute Gasteiger partial charge is 0.497 e. The van der Waals surface area contributed by atoms with Crippen LogP contribution in [-0.2, 0) is 0 Å². The normalized spacial score (nSPS) is 15.4. The first kappa shape index (κ1) is 26.3. The minimum atomic E-state index is -0.300. The number of carbonyl (C=O) groups is 1. The second kappa shape index (κ2) is 12.0. The number of fused-ring (bicyclic) bond motifs is 1. The van der Waals surface area contributed by atoms with Crippen molar-refractivity contribution < 1.29 is 18.7 Å². The molecule has 0 aromatic heterocycles. The lowest BCUT2D eigenvalue weighted by Crippen LogP contribution is -2.35. The zero-order valence-corrected chi connectivity index (χ0v) is 22.6. The maximum atomic E-state index is 14.0. The fourth-order valence-electron chi connectivity index (χ4n) is 5.13. The Kier molecular flexibility index (Phi) is 8.30. The van der Waals surface area contributed by atoms with E-state index < -0.39 is 0 Å². The third-order valence-electron chi connectivity index (χ3n) is 7.17. The fourth-order valence-corrected chi connectivity index (χ4v) is 5.76. The molecule has 1 atom stereocenters. The molecular formula is C32H32FNO3S. The van der Waals surface area contributed by atoms with Gasteiger partial charge in [0, 0.05) is 22.1 Å². The third kappa shape index (κ3) is 5.71. The van der Waals surface area contributed by atoms with E-state index in [1.807, 2.05) is 60.9 Å². The summed E-state index contributed by atoms with van der Waals surface area (Å²) in [7, 11) is 1.63. The highest BCUT2D eigenvalue weighted by Crippen LogP contribution is 2.38. The number of hydrogen-bond donors (Lipinski definition) is 1. The summed E-state index contributed by atoms with van der Waals surface area (Å²) >= 11 is 1.46. The second-order valence-corrected chi connectivity index (χ2v) is 10.4. The Bertz CT molecular complexity index is 1430. The van der Waals surface area contributed by atoms with Crippen LogP contribution in [0.2, 0.25) is 0 Å². The number of piperidine rings is 1. The molecule has 1 fully saturated rings. The van der Waals surface area contributed by atoms with Crippen molar-refractivity contribution in [3.63, 3.8) is 0 Å². The lowest BCUT2D eigenvalue weighted by atomic mass is 9.89. The number of nitrogens with one attached hydrogen (secondary N) is 1. The van der Waals surface area contributed by atoms with Crippen LogP contribution in [0, 0.1) is 5.82 Å². The molecule has 0 spiro atoms. The molecule has 0 bridgehead atoms. The summed E-state index contributed by atoms with van der Waals surface area (Å²) in [6, 6.07) is 22.2. The predicted octanol–water partition coefficient (Wildman–Crippen LogP) is 7.52. The SMILES string of the molecule is COc1ccc2c(C(=O)c3ccc(OCCC4CCCCN4)cc3)c(-c3ccc(F)cc3SC)ccc2c1. The molecule has 1 saturated heterocycles. The van der Waals surface area contributed by atoms with E-state index >= 15 is 0 Å². The number of hydrogen-bond acceptors (Lipinski definition) is 5. The smallest absolute Gasteiger partial charge is 0.194 e. The molecule has 0 radical (unpaired) electrons. The van der Waals surface area contributed by atoms with Crippen molar-refractivity contribution in [2.45, 2.75) is 36.6 Å². The summed E-state index contributed by atoms with van der Waals surface area (Å²) in [4.78, 5) is 14.8. The molecule has 1 heterocycles. The molecule has 0 amide bonds. The number of ether oxygens (including phenoxy) is 2. The average Bonchev–Trinajstić information content (AvgIpc) is 2.96. The minimum absolute atomic E-state index is 0.0925. The second-order valence-electron chi connectivity index (χ2n) is 9.56. The standard InChI is InChI=1S/C32H32FNO3S/c1-36-26-12-15-27-22(19-26)8-13-29(28-14-9-23(33)20-30(28)38-2)31(27)32(35)21-6-10-25(11-7-21)37-18-16-24-5-3-4-17-34-24/h6-15,19-20,24,34H,3-5,16-18H2,1-2H3. The quantitative estimate of drug-likeness (QED) is 0.180. The molecule has 1 N–H and O–H groups in total. The van der Waals surface area contributed by atoms with Gasteiger partial charge >= 0.3 is 0 Å². The lowest BCUT2D eigenvalue weighted by molar-refractivity contribution is 0.104. The fraction of sp³-hybridized carbons (Fsp3) is 0.281.